The molecule has 0 spiro atoms. The predicted octanol–water partition coefficient (Wildman–Crippen LogP) is 2.46. The first-order valence-electron chi connectivity index (χ1n) is 7.74. The van der Waals surface area contributed by atoms with Gasteiger partial charge in [-0.15, -0.1) is 12.4 Å². The second-order valence-electron chi connectivity index (χ2n) is 5.98. The molecule has 0 saturated carbocycles. The van der Waals surface area contributed by atoms with Gasteiger partial charge in [0.25, 0.3) is 0 Å². The van der Waals surface area contributed by atoms with Crippen molar-refractivity contribution in [3.8, 4) is 0 Å². The van der Waals surface area contributed by atoms with Gasteiger partial charge >= 0.3 is 0 Å². The number of hydrogen-bond acceptors (Lipinski definition) is 3. The van der Waals surface area contributed by atoms with Gasteiger partial charge in [-0.1, -0.05) is 0 Å². The van der Waals surface area contributed by atoms with E-state index in [1.165, 1.54) is 12.1 Å². The van der Waals surface area contributed by atoms with Crippen LogP contribution in [0.1, 0.15) is 31.2 Å². The van der Waals surface area contributed by atoms with Crippen LogP contribution in [0.15, 0.2) is 12.1 Å². The van der Waals surface area contributed by atoms with Crippen molar-refractivity contribution in [3.63, 3.8) is 0 Å². The first-order chi connectivity index (χ1) is 10.6. The van der Waals surface area contributed by atoms with Crippen LogP contribution in [0.25, 0.3) is 0 Å². The summed E-state index contributed by atoms with van der Waals surface area (Å²) in [6.45, 7) is 1.96. The molecule has 1 unspecified atom stereocenters. The fourth-order valence-corrected chi connectivity index (χ4v) is 3.00. The van der Waals surface area contributed by atoms with Crippen molar-refractivity contribution in [1.29, 1.82) is 0 Å². The lowest BCUT2D eigenvalue weighted by atomic mass is 10.0. The molecule has 1 fully saturated rings. The smallest absolute Gasteiger partial charge is 0.224 e. The van der Waals surface area contributed by atoms with Crippen LogP contribution in [0.3, 0.4) is 0 Å². The standard InChI is InChI=1S/C16H20FN3O2.ClH/c17-12-7-11-2-4-16(22)19-13(11)8-14(12)20-15(21)3-1-10-5-6-18-9-10;/h7-8,10,18H,1-6,9H2,(H,19,22)(H,20,21);1H. The second-order valence-corrected chi connectivity index (χ2v) is 5.98. The zero-order chi connectivity index (χ0) is 15.5. The number of anilines is 2. The van der Waals surface area contributed by atoms with Gasteiger partial charge in [0.15, 0.2) is 0 Å². The number of aryl methyl sites for hydroxylation is 1. The maximum atomic E-state index is 14.0. The van der Waals surface area contributed by atoms with E-state index in [0.29, 0.717) is 30.9 Å². The van der Waals surface area contributed by atoms with Crippen LogP contribution in [0.5, 0.6) is 0 Å². The molecule has 3 N–H and O–H groups in total. The van der Waals surface area contributed by atoms with Crippen LogP contribution < -0.4 is 16.0 Å². The van der Waals surface area contributed by atoms with Crippen LogP contribution in [0.4, 0.5) is 15.8 Å². The van der Waals surface area contributed by atoms with Gasteiger partial charge in [-0.05, 0) is 56.0 Å². The average Bonchev–Trinajstić information content (AvgIpc) is 3.00. The first kappa shape index (κ1) is 17.7. The molecule has 1 aromatic rings. The van der Waals surface area contributed by atoms with Gasteiger partial charge in [-0.3, -0.25) is 9.59 Å². The van der Waals surface area contributed by atoms with Crippen LogP contribution in [-0.4, -0.2) is 24.9 Å². The van der Waals surface area contributed by atoms with Gasteiger partial charge in [0, 0.05) is 18.5 Å². The van der Waals surface area contributed by atoms with Crippen molar-refractivity contribution in [3.05, 3.63) is 23.5 Å². The van der Waals surface area contributed by atoms with Crippen LogP contribution >= 0.6 is 12.4 Å². The maximum Gasteiger partial charge on any atom is 0.224 e. The fourth-order valence-electron chi connectivity index (χ4n) is 3.00. The van der Waals surface area contributed by atoms with E-state index in [1.807, 2.05) is 0 Å². The van der Waals surface area contributed by atoms with Gasteiger partial charge in [-0.25, -0.2) is 4.39 Å². The monoisotopic (exact) mass is 341 g/mol. The summed E-state index contributed by atoms with van der Waals surface area (Å²) in [5.41, 5.74) is 1.50. The highest BCUT2D eigenvalue weighted by Crippen LogP contribution is 2.28. The summed E-state index contributed by atoms with van der Waals surface area (Å²) < 4.78 is 14.0. The third-order valence-electron chi connectivity index (χ3n) is 4.30. The number of rotatable bonds is 4. The lowest BCUT2D eigenvalue weighted by molar-refractivity contribution is -0.117. The van der Waals surface area contributed by atoms with E-state index in [0.717, 1.165) is 31.5 Å². The van der Waals surface area contributed by atoms with Crippen LogP contribution in [0, 0.1) is 11.7 Å². The highest BCUT2D eigenvalue weighted by molar-refractivity contribution is 5.96. The van der Waals surface area contributed by atoms with E-state index in [4.69, 9.17) is 0 Å². The number of benzene rings is 1. The SMILES string of the molecule is Cl.O=C(CCC1CCNC1)Nc1cc2c(cc1F)CCC(=O)N2. The van der Waals surface area contributed by atoms with Crippen molar-refractivity contribution in [2.45, 2.75) is 32.1 Å². The summed E-state index contributed by atoms with van der Waals surface area (Å²) >= 11 is 0. The van der Waals surface area contributed by atoms with E-state index in [1.54, 1.807) is 0 Å². The summed E-state index contributed by atoms with van der Waals surface area (Å²) in [7, 11) is 0. The van der Waals surface area contributed by atoms with Crippen LogP contribution in [0.2, 0.25) is 0 Å². The number of nitrogens with one attached hydrogen (secondary N) is 3. The van der Waals surface area contributed by atoms with Crippen LogP contribution in [-0.2, 0) is 16.0 Å². The van der Waals surface area contributed by atoms with E-state index in [2.05, 4.69) is 16.0 Å². The minimum atomic E-state index is -0.453. The Kier molecular flexibility index (Phi) is 5.96. The molecule has 2 aliphatic heterocycles. The van der Waals surface area contributed by atoms with E-state index in [-0.39, 0.29) is 29.9 Å². The summed E-state index contributed by atoms with van der Waals surface area (Å²) in [6.07, 6.45) is 3.18. The van der Waals surface area contributed by atoms with Gasteiger partial charge in [0.05, 0.1) is 5.69 Å². The topological polar surface area (TPSA) is 70.2 Å². The lowest BCUT2D eigenvalue weighted by Crippen LogP contribution is -2.20. The highest BCUT2D eigenvalue weighted by Gasteiger charge is 2.19. The van der Waals surface area contributed by atoms with Crippen molar-refractivity contribution in [2.75, 3.05) is 23.7 Å². The molecule has 1 atom stereocenters. The Morgan fingerprint density at radius 3 is 2.91 bits per heavy atom. The molecule has 23 heavy (non-hydrogen) atoms. The van der Waals surface area contributed by atoms with Crippen molar-refractivity contribution in [1.82, 2.24) is 5.32 Å². The number of amides is 2. The Hall–Kier alpha value is -1.66. The Morgan fingerprint density at radius 1 is 1.35 bits per heavy atom. The quantitative estimate of drug-likeness (QED) is 0.788. The maximum absolute atomic E-state index is 14.0. The minimum Gasteiger partial charge on any atom is -0.326 e. The normalized spacial score (nSPS) is 19.5. The third-order valence-corrected chi connectivity index (χ3v) is 4.30. The largest absolute Gasteiger partial charge is 0.326 e. The van der Waals surface area contributed by atoms with E-state index >= 15 is 0 Å². The molecular formula is C16H21ClFN3O2. The van der Waals surface area contributed by atoms with Gasteiger partial charge in [-0.2, -0.15) is 0 Å². The number of carbonyl (C=O) groups excluding carboxylic acids is 2. The number of hydrogen-bond donors (Lipinski definition) is 3. The molecule has 0 aromatic heterocycles. The molecular weight excluding hydrogens is 321 g/mol. The third kappa shape index (κ3) is 4.42. The van der Waals surface area contributed by atoms with Gasteiger partial charge in [0.2, 0.25) is 11.8 Å². The molecule has 2 amide bonds. The van der Waals surface area contributed by atoms with E-state index < -0.39 is 5.82 Å². The van der Waals surface area contributed by atoms with Gasteiger partial charge in [0.1, 0.15) is 5.82 Å². The zero-order valence-corrected chi connectivity index (χ0v) is 13.6. The fraction of sp³-hybridized carbons (Fsp3) is 0.500. The zero-order valence-electron chi connectivity index (χ0n) is 12.8. The molecule has 0 radical (unpaired) electrons. The number of fused-ring (bicyclic) bond motifs is 1. The minimum absolute atomic E-state index is 0. The lowest BCUT2D eigenvalue weighted by Gasteiger charge is -2.18. The Labute approximate surface area is 140 Å². The molecule has 5 nitrogen and oxygen atoms in total. The second kappa shape index (κ2) is 7.75. The molecule has 0 bridgehead atoms. The average molecular weight is 342 g/mol. The molecule has 126 valence electrons. The number of carbonyl (C=O) groups is 2. The molecule has 1 aromatic carbocycles. The van der Waals surface area contributed by atoms with Crippen molar-refractivity contribution in [2.24, 2.45) is 5.92 Å². The molecule has 2 aliphatic rings. The Balaban J connectivity index is 0.00000192. The molecule has 0 aliphatic carbocycles. The first-order valence-corrected chi connectivity index (χ1v) is 7.74. The molecule has 7 heteroatoms. The molecule has 1 saturated heterocycles. The summed E-state index contributed by atoms with van der Waals surface area (Å²) in [5, 5.41) is 8.59. The Morgan fingerprint density at radius 2 is 2.17 bits per heavy atom. The summed E-state index contributed by atoms with van der Waals surface area (Å²) in [6, 6.07) is 2.90. The highest BCUT2D eigenvalue weighted by atomic mass is 35.5. The Bertz CT molecular complexity index is 603. The van der Waals surface area contributed by atoms with E-state index in [9.17, 15) is 14.0 Å². The summed E-state index contributed by atoms with van der Waals surface area (Å²) in [4.78, 5) is 23.4. The van der Waals surface area contributed by atoms with Crippen molar-refractivity contribution < 1.29 is 14.0 Å². The molecule has 2 heterocycles. The molecule has 3 rings (SSSR count). The predicted molar refractivity (Wildman–Crippen MR) is 89.4 cm³/mol. The number of halogens is 2. The summed E-state index contributed by atoms with van der Waals surface area (Å²) in [5.74, 6) is -0.192. The van der Waals surface area contributed by atoms with Crippen molar-refractivity contribution >= 4 is 35.6 Å². The van der Waals surface area contributed by atoms with Gasteiger partial charge < -0.3 is 16.0 Å².